The summed E-state index contributed by atoms with van der Waals surface area (Å²) < 4.78 is 15.9. The van der Waals surface area contributed by atoms with E-state index in [1.807, 2.05) is 18.2 Å². The van der Waals surface area contributed by atoms with Gasteiger partial charge in [0.2, 0.25) is 11.7 Å². The number of para-hydroxylation sites is 1. The fourth-order valence-corrected chi connectivity index (χ4v) is 3.55. The number of anilines is 2. The molecule has 0 aliphatic carbocycles. The molecule has 3 rings (SSSR count). The second kappa shape index (κ2) is 10.6. The molecule has 2 aromatic rings. The maximum Gasteiger partial charge on any atom is 0.318 e. The minimum absolute atomic E-state index is 0.259. The van der Waals surface area contributed by atoms with Gasteiger partial charge in [-0.1, -0.05) is 18.2 Å². The van der Waals surface area contributed by atoms with Crippen LogP contribution in [0.4, 0.5) is 16.2 Å². The molecule has 0 aromatic heterocycles. The molecule has 0 spiro atoms. The molecule has 32 heavy (non-hydrogen) atoms. The number of carbonyl (C=O) groups is 2. The fourth-order valence-electron chi connectivity index (χ4n) is 3.55. The number of hydrogen-bond acceptors (Lipinski definition) is 6. The molecule has 0 unspecified atom stereocenters. The molecule has 0 bridgehead atoms. The van der Waals surface area contributed by atoms with E-state index in [-0.39, 0.29) is 11.9 Å². The van der Waals surface area contributed by atoms with E-state index in [4.69, 9.17) is 14.2 Å². The molecule has 1 aliphatic heterocycles. The van der Waals surface area contributed by atoms with Gasteiger partial charge in [0, 0.05) is 49.7 Å². The maximum absolute atomic E-state index is 12.7. The molecule has 9 heteroatoms. The van der Waals surface area contributed by atoms with Crippen LogP contribution in [0, 0.1) is 0 Å². The third-order valence-corrected chi connectivity index (χ3v) is 5.35. The van der Waals surface area contributed by atoms with Crippen molar-refractivity contribution in [1.29, 1.82) is 0 Å². The normalized spacial score (nSPS) is 14.4. The highest BCUT2D eigenvalue weighted by molar-refractivity contribution is 5.97. The summed E-state index contributed by atoms with van der Waals surface area (Å²) in [5.41, 5.74) is 1.62. The molecule has 3 amide bonds. The summed E-state index contributed by atoms with van der Waals surface area (Å²) in [6.07, 6.45) is 0. The van der Waals surface area contributed by atoms with E-state index >= 15 is 0 Å². The monoisotopic (exact) mass is 442 g/mol. The highest BCUT2D eigenvalue weighted by atomic mass is 16.5. The Hall–Kier alpha value is -3.62. The van der Waals surface area contributed by atoms with E-state index in [1.54, 1.807) is 24.0 Å². The van der Waals surface area contributed by atoms with E-state index in [2.05, 4.69) is 27.7 Å². The predicted octanol–water partition coefficient (Wildman–Crippen LogP) is 2.57. The summed E-state index contributed by atoms with van der Waals surface area (Å²) in [7, 11) is 4.52. The van der Waals surface area contributed by atoms with Crippen molar-refractivity contribution in [2.24, 2.45) is 0 Å². The first-order valence-electron chi connectivity index (χ1n) is 10.4. The first-order chi connectivity index (χ1) is 15.5. The van der Waals surface area contributed by atoms with Crippen LogP contribution >= 0.6 is 0 Å². The van der Waals surface area contributed by atoms with Gasteiger partial charge in [0.05, 0.1) is 21.3 Å². The van der Waals surface area contributed by atoms with Crippen LogP contribution in [0.25, 0.3) is 0 Å². The summed E-state index contributed by atoms with van der Waals surface area (Å²) in [6.45, 7) is 4.29. The molecule has 1 aliphatic rings. The minimum Gasteiger partial charge on any atom is -0.493 e. The number of nitrogens with zero attached hydrogens (tertiary/aromatic N) is 2. The maximum atomic E-state index is 12.7. The van der Waals surface area contributed by atoms with Gasteiger partial charge in [0.15, 0.2) is 11.5 Å². The number of ether oxygens (including phenoxy) is 3. The number of piperazine rings is 1. The molecule has 1 fully saturated rings. The fraction of sp³-hybridized carbons (Fsp3) is 0.391. The van der Waals surface area contributed by atoms with Gasteiger partial charge in [0.1, 0.15) is 6.04 Å². The first kappa shape index (κ1) is 23.1. The van der Waals surface area contributed by atoms with Gasteiger partial charge in [0.25, 0.3) is 0 Å². The van der Waals surface area contributed by atoms with Crippen LogP contribution in [0.2, 0.25) is 0 Å². The number of hydrogen-bond donors (Lipinski definition) is 2. The third-order valence-electron chi connectivity index (χ3n) is 5.35. The minimum atomic E-state index is -0.728. The van der Waals surface area contributed by atoms with Crippen molar-refractivity contribution in [3.63, 3.8) is 0 Å². The standard InChI is InChI=1S/C23H30N4O5/c1-16(22(28)25-17-14-19(30-2)21(32-4)20(15-17)31-3)24-23(29)27-12-10-26(11-13-27)18-8-6-5-7-9-18/h5-9,14-16H,10-13H2,1-4H3,(H,24,29)(H,25,28)/t16-/m1/s1. The van der Waals surface area contributed by atoms with E-state index in [9.17, 15) is 9.59 Å². The molecule has 2 aromatic carbocycles. The molecule has 1 heterocycles. The van der Waals surface area contributed by atoms with E-state index in [0.29, 0.717) is 36.0 Å². The Labute approximate surface area is 188 Å². The number of benzene rings is 2. The topological polar surface area (TPSA) is 92.4 Å². The van der Waals surface area contributed by atoms with Crippen molar-refractivity contribution >= 4 is 23.3 Å². The number of methoxy groups -OCH3 is 3. The number of urea groups is 1. The Morgan fingerprint density at radius 2 is 1.50 bits per heavy atom. The molecule has 1 atom stereocenters. The van der Waals surface area contributed by atoms with Crippen LogP contribution in [0.1, 0.15) is 6.92 Å². The van der Waals surface area contributed by atoms with Crippen molar-refractivity contribution in [2.45, 2.75) is 13.0 Å². The largest absolute Gasteiger partial charge is 0.493 e. The lowest BCUT2D eigenvalue weighted by Crippen LogP contribution is -2.54. The summed E-state index contributed by atoms with van der Waals surface area (Å²) in [5.74, 6) is 0.935. The van der Waals surface area contributed by atoms with Crippen LogP contribution < -0.4 is 29.7 Å². The van der Waals surface area contributed by atoms with Crippen molar-refractivity contribution in [2.75, 3.05) is 57.7 Å². The molecule has 9 nitrogen and oxygen atoms in total. The van der Waals surface area contributed by atoms with Gasteiger partial charge in [-0.15, -0.1) is 0 Å². The van der Waals surface area contributed by atoms with E-state index < -0.39 is 6.04 Å². The second-order valence-electron chi connectivity index (χ2n) is 7.38. The SMILES string of the molecule is COc1cc(NC(=O)[C@@H](C)NC(=O)N2CCN(c3ccccc3)CC2)cc(OC)c1OC. The average molecular weight is 443 g/mol. The average Bonchev–Trinajstić information content (AvgIpc) is 2.83. The lowest BCUT2D eigenvalue weighted by Gasteiger charge is -2.36. The van der Waals surface area contributed by atoms with Crippen LogP contribution in [0.5, 0.6) is 17.2 Å². The Kier molecular flexibility index (Phi) is 7.64. The smallest absolute Gasteiger partial charge is 0.318 e. The Morgan fingerprint density at radius 1 is 0.906 bits per heavy atom. The van der Waals surface area contributed by atoms with Gasteiger partial charge >= 0.3 is 6.03 Å². The van der Waals surface area contributed by atoms with E-state index in [0.717, 1.165) is 18.8 Å². The van der Waals surface area contributed by atoms with Crippen molar-refractivity contribution in [1.82, 2.24) is 10.2 Å². The zero-order valence-electron chi connectivity index (χ0n) is 18.9. The third kappa shape index (κ3) is 5.35. The van der Waals surface area contributed by atoms with Crippen LogP contribution in [0.15, 0.2) is 42.5 Å². The highest BCUT2D eigenvalue weighted by Crippen LogP contribution is 2.39. The van der Waals surface area contributed by atoms with Gasteiger partial charge in [-0.3, -0.25) is 4.79 Å². The summed E-state index contributed by atoms with van der Waals surface area (Å²) in [6, 6.07) is 12.4. The van der Waals surface area contributed by atoms with Crippen LogP contribution in [0.3, 0.4) is 0 Å². The Bertz CT molecular complexity index is 904. The van der Waals surface area contributed by atoms with Crippen molar-refractivity contribution in [3.8, 4) is 17.2 Å². The van der Waals surface area contributed by atoms with Crippen LogP contribution in [-0.2, 0) is 4.79 Å². The molecular weight excluding hydrogens is 412 g/mol. The molecular formula is C23H30N4O5. The molecule has 2 N–H and O–H groups in total. The number of rotatable bonds is 7. The zero-order valence-corrected chi connectivity index (χ0v) is 18.9. The predicted molar refractivity (Wildman–Crippen MR) is 123 cm³/mol. The number of carbonyl (C=O) groups excluding carboxylic acids is 2. The molecule has 172 valence electrons. The lowest BCUT2D eigenvalue weighted by atomic mass is 10.2. The zero-order chi connectivity index (χ0) is 23.1. The summed E-state index contributed by atoms with van der Waals surface area (Å²) >= 11 is 0. The number of amides is 3. The first-order valence-corrected chi connectivity index (χ1v) is 10.4. The van der Waals surface area contributed by atoms with Crippen LogP contribution in [-0.4, -0.2) is 70.4 Å². The summed E-state index contributed by atoms with van der Waals surface area (Å²) in [4.78, 5) is 29.3. The number of nitrogens with one attached hydrogen (secondary N) is 2. The van der Waals surface area contributed by atoms with Crippen molar-refractivity contribution < 1.29 is 23.8 Å². The molecule has 0 radical (unpaired) electrons. The van der Waals surface area contributed by atoms with Gasteiger partial charge < -0.3 is 34.6 Å². The van der Waals surface area contributed by atoms with Gasteiger partial charge in [-0.2, -0.15) is 0 Å². The van der Waals surface area contributed by atoms with Crippen molar-refractivity contribution in [3.05, 3.63) is 42.5 Å². The van der Waals surface area contributed by atoms with E-state index in [1.165, 1.54) is 21.3 Å². The Balaban J connectivity index is 1.55. The molecule has 1 saturated heterocycles. The highest BCUT2D eigenvalue weighted by Gasteiger charge is 2.24. The lowest BCUT2D eigenvalue weighted by molar-refractivity contribution is -0.117. The molecule has 0 saturated carbocycles. The van der Waals surface area contributed by atoms with Gasteiger partial charge in [-0.05, 0) is 19.1 Å². The van der Waals surface area contributed by atoms with Gasteiger partial charge in [-0.25, -0.2) is 4.79 Å². The second-order valence-corrected chi connectivity index (χ2v) is 7.38. The summed E-state index contributed by atoms with van der Waals surface area (Å²) in [5, 5.41) is 5.56. The Morgan fingerprint density at radius 3 is 2.03 bits per heavy atom. The quantitative estimate of drug-likeness (QED) is 0.685.